The molecule has 4 aromatic rings. The number of hydrogen-bond donors (Lipinski definition) is 1. The third kappa shape index (κ3) is 3.52. The van der Waals surface area contributed by atoms with E-state index in [1.54, 1.807) is 24.3 Å². The van der Waals surface area contributed by atoms with Crippen LogP contribution in [-0.2, 0) is 0 Å². The van der Waals surface area contributed by atoms with Gasteiger partial charge in [-0.1, -0.05) is 24.3 Å². The van der Waals surface area contributed by atoms with Gasteiger partial charge in [0.2, 0.25) is 0 Å². The zero-order chi connectivity index (χ0) is 19.8. The number of amides is 1. The maximum atomic E-state index is 14.0. The standard InChI is InChI=1S/C20H15FN6OS/c21-16-7-2-1-6-15(16)20-22-11-17(29-20)19(28)23-13-5-3-4-12(10-13)18-24-25-26-27(18)14-8-9-14/h1-7,10-11,14H,8-9H2,(H,23,28). The van der Waals surface area contributed by atoms with Crippen molar-refractivity contribution in [1.82, 2.24) is 25.2 Å². The first kappa shape index (κ1) is 17.6. The number of aromatic nitrogens is 5. The summed E-state index contributed by atoms with van der Waals surface area (Å²) in [4.78, 5) is 17.2. The molecule has 2 heterocycles. The Balaban J connectivity index is 1.36. The molecule has 1 aliphatic rings. The molecule has 0 unspecified atom stereocenters. The number of thiazole rings is 1. The molecule has 0 atom stereocenters. The Morgan fingerprint density at radius 3 is 2.86 bits per heavy atom. The second kappa shape index (κ2) is 7.17. The summed E-state index contributed by atoms with van der Waals surface area (Å²) in [7, 11) is 0. The molecule has 1 N–H and O–H groups in total. The fourth-order valence-electron chi connectivity index (χ4n) is 3.02. The lowest BCUT2D eigenvalue weighted by atomic mass is 10.2. The van der Waals surface area contributed by atoms with E-state index in [0.717, 1.165) is 29.7 Å². The number of halogens is 1. The van der Waals surface area contributed by atoms with Gasteiger partial charge in [0, 0.05) is 16.8 Å². The van der Waals surface area contributed by atoms with E-state index in [-0.39, 0.29) is 11.7 Å². The fraction of sp³-hybridized carbons (Fsp3) is 0.150. The monoisotopic (exact) mass is 406 g/mol. The summed E-state index contributed by atoms with van der Waals surface area (Å²) in [5.74, 6) is 0.0159. The van der Waals surface area contributed by atoms with Gasteiger partial charge in [-0.05, 0) is 47.5 Å². The normalized spacial score (nSPS) is 13.4. The van der Waals surface area contributed by atoms with Crippen molar-refractivity contribution < 1.29 is 9.18 Å². The third-order valence-electron chi connectivity index (χ3n) is 4.60. The van der Waals surface area contributed by atoms with E-state index in [4.69, 9.17) is 0 Å². The minimum absolute atomic E-state index is 0.302. The topological polar surface area (TPSA) is 85.6 Å². The summed E-state index contributed by atoms with van der Waals surface area (Å²) in [6, 6.07) is 14.1. The highest BCUT2D eigenvalue weighted by atomic mass is 32.1. The SMILES string of the molecule is O=C(Nc1cccc(-c2nnnn2C2CC2)c1)c1cnc(-c2ccccc2F)s1. The number of anilines is 1. The van der Waals surface area contributed by atoms with Crippen LogP contribution in [-0.4, -0.2) is 31.1 Å². The van der Waals surface area contributed by atoms with Gasteiger partial charge in [-0.3, -0.25) is 4.79 Å². The lowest BCUT2D eigenvalue weighted by Gasteiger charge is -2.07. The Hall–Kier alpha value is -3.46. The lowest BCUT2D eigenvalue weighted by Crippen LogP contribution is -2.10. The zero-order valence-corrected chi connectivity index (χ0v) is 15.9. The summed E-state index contributed by atoms with van der Waals surface area (Å²) in [6.07, 6.45) is 3.60. The van der Waals surface area contributed by atoms with Gasteiger partial charge < -0.3 is 5.32 Å². The molecule has 2 aromatic carbocycles. The van der Waals surface area contributed by atoms with Crippen molar-refractivity contribution in [2.45, 2.75) is 18.9 Å². The van der Waals surface area contributed by atoms with Crippen molar-refractivity contribution in [2.75, 3.05) is 5.32 Å². The van der Waals surface area contributed by atoms with Crippen LogP contribution in [0.4, 0.5) is 10.1 Å². The Labute approximate surface area is 169 Å². The van der Waals surface area contributed by atoms with Gasteiger partial charge >= 0.3 is 0 Å². The summed E-state index contributed by atoms with van der Waals surface area (Å²) < 4.78 is 15.8. The van der Waals surface area contributed by atoms with E-state index >= 15 is 0 Å². The van der Waals surface area contributed by atoms with Crippen molar-refractivity contribution in [2.24, 2.45) is 0 Å². The van der Waals surface area contributed by atoms with Crippen LogP contribution in [0.15, 0.2) is 54.7 Å². The largest absolute Gasteiger partial charge is 0.321 e. The van der Waals surface area contributed by atoms with Gasteiger partial charge in [0.1, 0.15) is 15.7 Å². The van der Waals surface area contributed by atoms with Crippen LogP contribution in [0.5, 0.6) is 0 Å². The molecular weight excluding hydrogens is 391 g/mol. The van der Waals surface area contributed by atoms with Crippen molar-refractivity contribution in [3.8, 4) is 22.0 Å². The maximum Gasteiger partial charge on any atom is 0.267 e. The van der Waals surface area contributed by atoms with Crippen LogP contribution in [0, 0.1) is 5.82 Å². The van der Waals surface area contributed by atoms with Crippen molar-refractivity contribution >= 4 is 22.9 Å². The number of nitrogens with one attached hydrogen (secondary N) is 1. The molecule has 0 aliphatic heterocycles. The number of carbonyl (C=O) groups is 1. The number of hydrogen-bond acceptors (Lipinski definition) is 6. The van der Waals surface area contributed by atoms with Gasteiger partial charge in [-0.15, -0.1) is 16.4 Å². The second-order valence-corrected chi connectivity index (χ2v) is 7.75. The first-order valence-corrected chi connectivity index (χ1v) is 9.91. The van der Waals surface area contributed by atoms with Gasteiger partial charge in [0.05, 0.1) is 12.2 Å². The molecule has 144 valence electrons. The molecule has 0 bridgehead atoms. The molecule has 0 radical (unpaired) electrons. The number of carbonyl (C=O) groups excluding carboxylic acids is 1. The van der Waals surface area contributed by atoms with Crippen LogP contribution in [0.3, 0.4) is 0 Å². The second-order valence-electron chi connectivity index (χ2n) is 6.72. The Morgan fingerprint density at radius 1 is 1.17 bits per heavy atom. The van der Waals surface area contributed by atoms with E-state index in [9.17, 15) is 9.18 Å². The van der Waals surface area contributed by atoms with Gasteiger partial charge in [-0.2, -0.15) is 0 Å². The quantitative estimate of drug-likeness (QED) is 0.537. The predicted molar refractivity (Wildman–Crippen MR) is 107 cm³/mol. The molecule has 5 rings (SSSR count). The summed E-state index contributed by atoms with van der Waals surface area (Å²) in [6.45, 7) is 0. The van der Waals surface area contributed by atoms with E-state index < -0.39 is 0 Å². The van der Waals surface area contributed by atoms with E-state index in [1.165, 1.54) is 12.3 Å². The average Bonchev–Trinajstić information content (AvgIpc) is 3.26. The highest BCUT2D eigenvalue weighted by molar-refractivity contribution is 7.17. The molecule has 29 heavy (non-hydrogen) atoms. The Morgan fingerprint density at radius 2 is 2.03 bits per heavy atom. The summed E-state index contributed by atoms with van der Waals surface area (Å²) in [5, 5.41) is 15.3. The minimum atomic E-state index is -0.366. The molecule has 0 saturated heterocycles. The van der Waals surface area contributed by atoms with Crippen LogP contribution in [0.1, 0.15) is 28.6 Å². The Kier molecular flexibility index (Phi) is 4.36. The molecule has 9 heteroatoms. The summed E-state index contributed by atoms with van der Waals surface area (Å²) in [5.41, 5.74) is 1.83. The molecule has 1 saturated carbocycles. The zero-order valence-electron chi connectivity index (χ0n) is 15.1. The van der Waals surface area contributed by atoms with Crippen molar-refractivity contribution in [1.29, 1.82) is 0 Å². The number of nitrogens with zero attached hydrogens (tertiary/aromatic N) is 5. The van der Waals surface area contributed by atoms with Crippen molar-refractivity contribution in [3.63, 3.8) is 0 Å². The van der Waals surface area contributed by atoms with Crippen LogP contribution >= 0.6 is 11.3 Å². The van der Waals surface area contributed by atoms with Gasteiger partial charge in [0.15, 0.2) is 5.82 Å². The Bertz CT molecular complexity index is 1200. The number of tetrazole rings is 1. The molecule has 7 nitrogen and oxygen atoms in total. The van der Waals surface area contributed by atoms with Gasteiger partial charge in [0.25, 0.3) is 5.91 Å². The van der Waals surface area contributed by atoms with Gasteiger partial charge in [-0.25, -0.2) is 14.1 Å². The maximum absolute atomic E-state index is 14.0. The molecular formula is C20H15FN6OS. The van der Waals surface area contributed by atoms with E-state index in [2.05, 4.69) is 25.8 Å². The van der Waals surface area contributed by atoms with Crippen LogP contribution < -0.4 is 5.32 Å². The average molecular weight is 406 g/mol. The number of rotatable bonds is 5. The van der Waals surface area contributed by atoms with Crippen molar-refractivity contribution in [3.05, 3.63) is 65.4 Å². The van der Waals surface area contributed by atoms with E-state index in [1.807, 2.05) is 22.9 Å². The molecule has 1 amide bonds. The molecule has 2 aromatic heterocycles. The van der Waals surface area contributed by atoms with Crippen LogP contribution in [0.2, 0.25) is 0 Å². The predicted octanol–water partition coefficient (Wildman–Crippen LogP) is 4.19. The molecule has 0 spiro atoms. The summed E-state index contributed by atoms with van der Waals surface area (Å²) >= 11 is 1.14. The minimum Gasteiger partial charge on any atom is -0.321 e. The highest BCUT2D eigenvalue weighted by Gasteiger charge is 2.28. The molecule has 1 fully saturated rings. The first-order chi connectivity index (χ1) is 14.2. The molecule has 1 aliphatic carbocycles. The number of benzene rings is 2. The lowest BCUT2D eigenvalue weighted by molar-refractivity contribution is 0.103. The highest BCUT2D eigenvalue weighted by Crippen LogP contribution is 2.37. The fourth-order valence-corrected chi connectivity index (χ4v) is 3.85. The smallest absolute Gasteiger partial charge is 0.267 e. The third-order valence-corrected chi connectivity index (χ3v) is 5.63. The van der Waals surface area contributed by atoms with Crippen LogP contribution in [0.25, 0.3) is 22.0 Å². The first-order valence-electron chi connectivity index (χ1n) is 9.09. The van der Waals surface area contributed by atoms with E-state index in [0.29, 0.717) is 33.0 Å².